The first-order valence-electron chi connectivity index (χ1n) is 13.7. The Kier molecular flexibility index (Phi) is 8.94. The molecule has 0 bridgehead atoms. The molecule has 1 nitrogen and oxygen atoms in total. The van der Waals surface area contributed by atoms with Crippen molar-refractivity contribution in [1.29, 1.82) is 0 Å². The summed E-state index contributed by atoms with van der Waals surface area (Å²) in [6.45, 7) is 4.86. The van der Waals surface area contributed by atoms with Crippen LogP contribution in [-0.4, -0.2) is 6.61 Å². The van der Waals surface area contributed by atoms with Gasteiger partial charge in [-0.15, -0.1) is 0 Å². The molecular formula is C31H46O. The minimum atomic E-state index is 0.669. The summed E-state index contributed by atoms with van der Waals surface area (Å²) in [6.07, 6.45) is 26.3. The van der Waals surface area contributed by atoms with Crippen LogP contribution in [0.25, 0.3) is 0 Å². The fourth-order valence-electron chi connectivity index (χ4n) is 7.18. The third-order valence-corrected chi connectivity index (χ3v) is 9.12. The van der Waals surface area contributed by atoms with Crippen LogP contribution in [0.2, 0.25) is 0 Å². The van der Waals surface area contributed by atoms with Crippen LogP contribution in [0.3, 0.4) is 0 Å². The number of benzene rings is 1. The highest BCUT2D eigenvalue weighted by Gasteiger charge is 2.39. The van der Waals surface area contributed by atoms with Crippen molar-refractivity contribution in [3.05, 3.63) is 54.1 Å². The summed E-state index contributed by atoms with van der Waals surface area (Å²) in [5, 5.41) is 0. The highest BCUT2D eigenvalue weighted by Crippen LogP contribution is 2.51. The molecule has 1 aromatic rings. The summed E-state index contributed by atoms with van der Waals surface area (Å²) in [5.41, 5.74) is 1.54. The van der Waals surface area contributed by atoms with Gasteiger partial charge in [0.25, 0.3) is 0 Å². The van der Waals surface area contributed by atoms with Gasteiger partial charge in [-0.2, -0.15) is 0 Å². The van der Waals surface area contributed by atoms with Crippen molar-refractivity contribution in [1.82, 2.24) is 0 Å². The van der Waals surface area contributed by atoms with Gasteiger partial charge >= 0.3 is 0 Å². The lowest BCUT2D eigenvalue weighted by Crippen LogP contribution is -2.34. The van der Waals surface area contributed by atoms with Crippen molar-refractivity contribution in [2.24, 2.45) is 29.6 Å². The predicted molar refractivity (Wildman–Crippen MR) is 137 cm³/mol. The largest absolute Gasteiger partial charge is 0.490 e. The Bertz CT molecular complexity index is 721. The Morgan fingerprint density at radius 1 is 0.719 bits per heavy atom. The monoisotopic (exact) mass is 434 g/mol. The SMILES string of the molecule is C/C=C/CCC1CCC(C2CCC3CC(c4ccc(OC/C=C/C)cc4)CCC3C2)CC1. The van der Waals surface area contributed by atoms with E-state index in [0.717, 1.165) is 41.3 Å². The van der Waals surface area contributed by atoms with E-state index in [0.29, 0.717) is 6.61 Å². The molecule has 0 radical (unpaired) electrons. The van der Waals surface area contributed by atoms with Gasteiger partial charge in [-0.1, -0.05) is 49.3 Å². The summed E-state index contributed by atoms with van der Waals surface area (Å²) in [4.78, 5) is 0. The van der Waals surface area contributed by atoms with Crippen LogP contribution in [0.1, 0.15) is 102 Å². The average Bonchev–Trinajstić information content (AvgIpc) is 2.85. The lowest BCUT2D eigenvalue weighted by molar-refractivity contribution is 0.0713. The number of allylic oxidation sites excluding steroid dienone is 3. The Morgan fingerprint density at radius 3 is 2.06 bits per heavy atom. The number of hydrogen-bond acceptors (Lipinski definition) is 1. The summed E-state index contributed by atoms with van der Waals surface area (Å²) < 4.78 is 5.79. The Morgan fingerprint density at radius 2 is 1.34 bits per heavy atom. The minimum absolute atomic E-state index is 0.669. The fourth-order valence-corrected chi connectivity index (χ4v) is 7.18. The summed E-state index contributed by atoms with van der Waals surface area (Å²) in [7, 11) is 0. The zero-order valence-corrected chi connectivity index (χ0v) is 20.7. The second-order valence-corrected chi connectivity index (χ2v) is 11.0. The van der Waals surface area contributed by atoms with Gasteiger partial charge in [0.15, 0.2) is 0 Å². The molecule has 0 amide bonds. The molecule has 4 atom stereocenters. The van der Waals surface area contributed by atoms with E-state index in [1.54, 1.807) is 12.0 Å². The molecule has 0 N–H and O–H groups in total. The molecule has 4 rings (SSSR count). The maximum Gasteiger partial charge on any atom is 0.119 e. The van der Waals surface area contributed by atoms with Crippen LogP contribution in [0, 0.1) is 29.6 Å². The number of fused-ring (bicyclic) bond motifs is 1. The predicted octanol–water partition coefficient (Wildman–Crippen LogP) is 9.10. The van der Waals surface area contributed by atoms with Crippen LogP contribution in [0.5, 0.6) is 5.75 Å². The highest BCUT2D eigenvalue weighted by atomic mass is 16.5. The molecule has 0 aliphatic heterocycles. The molecule has 176 valence electrons. The van der Waals surface area contributed by atoms with Gasteiger partial charge in [0, 0.05) is 0 Å². The van der Waals surface area contributed by atoms with Crippen molar-refractivity contribution in [3.63, 3.8) is 0 Å². The molecule has 4 unspecified atom stereocenters. The third-order valence-electron chi connectivity index (χ3n) is 9.12. The van der Waals surface area contributed by atoms with Gasteiger partial charge in [-0.25, -0.2) is 0 Å². The molecule has 32 heavy (non-hydrogen) atoms. The van der Waals surface area contributed by atoms with Crippen molar-refractivity contribution in [2.45, 2.75) is 96.8 Å². The molecule has 0 spiro atoms. The van der Waals surface area contributed by atoms with E-state index < -0.39 is 0 Å². The van der Waals surface area contributed by atoms with Crippen molar-refractivity contribution < 1.29 is 4.74 Å². The standard InChI is InChI=1S/C31H46O/c1-3-5-7-8-24-9-11-25(12-10-24)27-13-15-30-23-28(14-16-29(30)22-27)26-17-19-31(20-18-26)32-21-6-4-2/h3-6,17-20,24-25,27-30H,7-16,21-23H2,1-2H3/b5-3+,6-4+. The van der Waals surface area contributed by atoms with Gasteiger partial charge in [-0.05, 0) is 131 Å². The minimum Gasteiger partial charge on any atom is -0.490 e. The molecule has 3 saturated carbocycles. The number of rotatable bonds is 8. The molecule has 0 saturated heterocycles. The molecule has 3 fully saturated rings. The summed E-state index contributed by atoms with van der Waals surface area (Å²) in [6, 6.07) is 9.01. The average molecular weight is 435 g/mol. The highest BCUT2D eigenvalue weighted by molar-refractivity contribution is 5.30. The molecule has 0 heterocycles. The van der Waals surface area contributed by atoms with Crippen LogP contribution < -0.4 is 4.74 Å². The van der Waals surface area contributed by atoms with Crippen molar-refractivity contribution >= 4 is 0 Å². The molecular weight excluding hydrogens is 388 g/mol. The third kappa shape index (κ3) is 6.30. The van der Waals surface area contributed by atoms with Crippen LogP contribution in [-0.2, 0) is 0 Å². The number of ether oxygens (including phenoxy) is 1. The van der Waals surface area contributed by atoms with E-state index in [1.807, 2.05) is 13.0 Å². The molecule has 1 aromatic carbocycles. The second kappa shape index (κ2) is 12.1. The van der Waals surface area contributed by atoms with E-state index in [9.17, 15) is 0 Å². The van der Waals surface area contributed by atoms with E-state index in [4.69, 9.17) is 4.74 Å². The zero-order chi connectivity index (χ0) is 22.2. The smallest absolute Gasteiger partial charge is 0.119 e. The topological polar surface area (TPSA) is 9.23 Å². The molecule has 1 heteroatoms. The van der Waals surface area contributed by atoms with Crippen molar-refractivity contribution in [2.75, 3.05) is 6.61 Å². The lowest BCUT2D eigenvalue weighted by Gasteiger charge is -2.45. The normalized spacial score (nSPS) is 33.4. The summed E-state index contributed by atoms with van der Waals surface area (Å²) >= 11 is 0. The van der Waals surface area contributed by atoms with Gasteiger partial charge in [0.1, 0.15) is 12.4 Å². The maximum absolute atomic E-state index is 5.79. The lowest BCUT2D eigenvalue weighted by atomic mass is 9.60. The molecule has 0 aromatic heterocycles. The van der Waals surface area contributed by atoms with E-state index in [2.05, 4.69) is 49.4 Å². The Labute approximate surface area is 197 Å². The van der Waals surface area contributed by atoms with Crippen LogP contribution >= 0.6 is 0 Å². The zero-order valence-electron chi connectivity index (χ0n) is 20.7. The quantitative estimate of drug-likeness (QED) is 0.371. The Hall–Kier alpha value is -1.50. The van der Waals surface area contributed by atoms with Crippen molar-refractivity contribution in [3.8, 4) is 5.75 Å². The first-order valence-corrected chi connectivity index (χ1v) is 13.7. The number of hydrogen-bond donors (Lipinski definition) is 0. The fraction of sp³-hybridized carbons (Fsp3) is 0.677. The van der Waals surface area contributed by atoms with Crippen LogP contribution in [0.15, 0.2) is 48.6 Å². The van der Waals surface area contributed by atoms with Gasteiger partial charge < -0.3 is 4.74 Å². The van der Waals surface area contributed by atoms with E-state index >= 15 is 0 Å². The van der Waals surface area contributed by atoms with Gasteiger partial charge in [-0.3, -0.25) is 0 Å². The first-order chi connectivity index (χ1) is 15.8. The molecule has 3 aliphatic rings. The Balaban J connectivity index is 1.22. The van der Waals surface area contributed by atoms with E-state index in [1.165, 1.54) is 70.6 Å². The van der Waals surface area contributed by atoms with Crippen LogP contribution in [0.4, 0.5) is 0 Å². The van der Waals surface area contributed by atoms with Gasteiger partial charge in [0.05, 0.1) is 0 Å². The van der Waals surface area contributed by atoms with Gasteiger partial charge in [0.2, 0.25) is 0 Å². The maximum atomic E-state index is 5.79. The van der Waals surface area contributed by atoms with E-state index in [-0.39, 0.29) is 0 Å². The molecule has 3 aliphatic carbocycles. The second-order valence-electron chi connectivity index (χ2n) is 11.0. The summed E-state index contributed by atoms with van der Waals surface area (Å²) in [5.74, 6) is 6.85. The first kappa shape index (κ1) is 23.7.